The van der Waals surface area contributed by atoms with Crippen molar-refractivity contribution in [3.05, 3.63) is 118 Å². The third-order valence-corrected chi connectivity index (χ3v) is 5.15. The van der Waals surface area contributed by atoms with Crippen molar-refractivity contribution in [2.75, 3.05) is 5.32 Å². The summed E-state index contributed by atoms with van der Waals surface area (Å²) >= 11 is 0. The number of nitrogens with one attached hydrogen (secondary N) is 1. The fourth-order valence-corrected chi connectivity index (χ4v) is 3.48. The summed E-state index contributed by atoms with van der Waals surface area (Å²) in [5.74, 6) is -1.28. The molecule has 0 saturated heterocycles. The van der Waals surface area contributed by atoms with Crippen molar-refractivity contribution in [1.29, 1.82) is 5.26 Å². The zero-order chi connectivity index (χ0) is 24.8. The van der Waals surface area contributed by atoms with Crippen LogP contribution < -0.4 is 10.1 Å². The number of rotatable bonds is 6. The molecule has 4 rings (SSSR count). The number of fused-ring (bicyclic) bond motifs is 1. The number of esters is 1. The predicted molar refractivity (Wildman–Crippen MR) is 131 cm³/mol. The lowest BCUT2D eigenvalue weighted by Gasteiger charge is -2.10. The van der Waals surface area contributed by atoms with Crippen molar-refractivity contribution >= 4 is 40.1 Å². The molecule has 0 spiro atoms. The molecule has 0 unspecified atom stereocenters. The van der Waals surface area contributed by atoms with E-state index in [2.05, 4.69) is 5.32 Å². The third kappa shape index (κ3) is 5.05. The Balaban J connectivity index is 1.62. The number of carbonyl (C=O) groups is 2. The van der Waals surface area contributed by atoms with E-state index in [1.54, 1.807) is 42.5 Å². The average molecular weight is 463 g/mol. The Morgan fingerprint density at radius 2 is 1.60 bits per heavy atom. The van der Waals surface area contributed by atoms with Crippen LogP contribution in [0.15, 0.2) is 96.6 Å². The lowest BCUT2D eigenvalue weighted by atomic mass is 10.0. The number of carbonyl (C=O) groups excluding carboxylic acids is 2. The zero-order valence-corrected chi connectivity index (χ0v) is 18.2. The zero-order valence-electron chi connectivity index (χ0n) is 18.2. The Morgan fingerprint density at radius 3 is 2.40 bits per heavy atom. The van der Waals surface area contributed by atoms with Gasteiger partial charge in [0.05, 0.1) is 10.5 Å². The van der Waals surface area contributed by atoms with Crippen molar-refractivity contribution < 1.29 is 19.2 Å². The van der Waals surface area contributed by atoms with Crippen LogP contribution in [0, 0.1) is 21.4 Å². The number of nitriles is 1. The predicted octanol–water partition coefficient (Wildman–Crippen LogP) is 5.51. The molecule has 0 radical (unpaired) electrons. The minimum absolute atomic E-state index is 0.0423. The van der Waals surface area contributed by atoms with E-state index in [0.29, 0.717) is 11.1 Å². The van der Waals surface area contributed by atoms with Crippen LogP contribution in [0.2, 0.25) is 0 Å². The quantitative estimate of drug-likeness (QED) is 0.100. The number of hydrogen-bond acceptors (Lipinski definition) is 6. The maximum absolute atomic E-state index is 13.0. The normalized spacial score (nSPS) is 10.9. The van der Waals surface area contributed by atoms with Crippen LogP contribution in [0.25, 0.3) is 16.8 Å². The van der Waals surface area contributed by atoms with E-state index < -0.39 is 16.8 Å². The van der Waals surface area contributed by atoms with Gasteiger partial charge in [-0.15, -0.1) is 0 Å². The molecule has 170 valence electrons. The van der Waals surface area contributed by atoms with Gasteiger partial charge in [0.2, 0.25) is 0 Å². The van der Waals surface area contributed by atoms with E-state index in [0.717, 1.165) is 10.8 Å². The highest BCUT2D eigenvalue weighted by atomic mass is 16.6. The summed E-state index contributed by atoms with van der Waals surface area (Å²) in [5, 5.41) is 24.8. The van der Waals surface area contributed by atoms with Gasteiger partial charge in [-0.2, -0.15) is 5.26 Å². The second-order valence-corrected chi connectivity index (χ2v) is 7.35. The number of ether oxygens (including phenoxy) is 1. The van der Waals surface area contributed by atoms with Gasteiger partial charge in [0, 0.05) is 11.6 Å². The SMILES string of the molecule is N#C/C(=C\c1ccccc1OC(=O)c1cccc2ccccc12)C(=O)Nc1ccccc1[N+](=O)[O-]. The number of nitro benzene ring substituents is 1. The van der Waals surface area contributed by atoms with Crippen molar-refractivity contribution in [2.24, 2.45) is 0 Å². The summed E-state index contributed by atoms with van der Waals surface area (Å²) < 4.78 is 5.62. The van der Waals surface area contributed by atoms with E-state index in [-0.39, 0.29) is 22.7 Å². The molecular weight excluding hydrogens is 446 g/mol. The van der Waals surface area contributed by atoms with Gasteiger partial charge in [-0.25, -0.2) is 4.79 Å². The number of hydrogen-bond donors (Lipinski definition) is 1. The molecule has 0 aliphatic rings. The molecule has 1 N–H and O–H groups in total. The molecule has 0 heterocycles. The number of benzene rings is 4. The van der Waals surface area contributed by atoms with E-state index in [1.807, 2.05) is 30.3 Å². The molecule has 0 saturated carbocycles. The van der Waals surface area contributed by atoms with Crippen molar-refractivity contribution in [3.8, 4) is 11.8 Å². The van der Waals surface area contributed by atoms with Crippen molar-refractivity contribution in [3.63, 3.8) is 0 Å². The molecule has 35 heavy (non-hydrogen) atoms. The molecule has 0 aromatic heterocycles. The highest BCUT2D eigenvalue weighted by molar-refractivity contribution is 6.11. The summed E-state index contributed by atoms with van der Waals surface area (Å²) in [5.41, 5.74) is 0.0190. The van der Waals surface area contributed by atoms with E-state index in [4.69, 9.17) is 4.74 Å². The van der Waals surface area contributed by atoms with Gasteiger partial charge >= 0.3 is 5.97 Å². The summed E-state index contributed by atoms with van der Waals surface area (Å²) in [6, 6.07) is 26.5. The lowest BCUT2D eigenvalue weighted by Crippen LogP contribution is -2.15. The largest absolute Gasteiger partial charge is 0.422 e. The molecule has 8 nitrogen and oxygen atoms in total. The number of anilines is 1. The van der Waals surface area contributed by atoms with Crippen LogP contribution in [-0.2, 0) is 4.79 Å². The standard InChI is InChI=1S/C27H17N3O5/c28-17-20(26(31)29-23-13-4-5-14-24(23)30(33)34)16-19-9-2-6-15-25(19)35-27(32)22-12-7-10-18-8-1-3-11-21(18)22/h1-16H,(H,29,31)/b20-16+. The van der Waals surface area contributed by atoms with Gasteiger partial charge in [-0.1, -0.05) is 66.7 Å². The minimum Gasteiger partial charge on any atom is -0.422 e. The highest BCUT2D eigenvalue weighted by Gasteiger charge is 2.19. The van der Waals surface area contributed by atoms with Gasteiger partial charge in [-0.05, 0) is 35.0 Å². The first-order valence-electron chi connectivity index (χ1n) is 10.4. The molecule has 1 amide bonds. The first-order valence-corrected chi connectivity index (χ1v) is 10.4. The minimum atomic E-state index is -0.836. The van der Waals surface area contributed by atoms with Gasteiger partial charge in [0.25, 0.3) is 11.6 Å². The van der Waals surface area contributed by atoms with Gasteiger partial charge in [0.15, 0.2) is 0 Å². The van der Waals surface area contributed by atoms with Gasteiger partial charge < -0.3 is 10.1 Å². The van der Waals surface area contributed by atoms with Crippen LogP contribution in [0.5, 0.6) is 5.75 Å². The molecular formula is C27H17N3O5. The molecule has 8 heteroatoms. The lowest BCUT2D eigenvalue weighted by molar-refractivity contribution is -0.383. The average Bonchev–Trinajstić information content (AvgIpc) is 2.87. The molecule has 0 aliphatic heterocycles. The number of para-hydroxylation sites is 3. The molecule has 0 fully saturated rings. The summed E-state index contributed by atoms with van der Waals surface area (Å²) in [4.78, 5) is 36.2. The monoisotopic (exact) mass is 463 g/mol. The summed E-state index contributed by atoms with van der Waals surface area (Å²) in [7, 11) is 0. The first-order chi connectivity index (χ1) is 17.0. The van der Waals surface area contributed by atoms with E-state index in [9.17, 15) is 25.0 Å². The van der Waals surface area contributed by atoms with Crippen LogP contribution >= 0.6 is 0 Å². The van der Waals surface area contributed by atoms with Crippen LogP contribution in [0.1, 0.15) is 15.9 Å². The Kier molecular flexibility index (Phi) is 6.61. The third-order valence-electron chi connectivity index (χ3n) is 5.15. The van der Waals surface area contributed by atoms with E-state index in [1.165, 1.54) is 30.3 Å². The fraction of sp³-hybridized carbons (Fsp3) is 0. The Bertz CT molecular complexity index is 1530. The van der Waals surface area contributed by atoms with Gasteiger partial charge in [-0.3, -0.25) is 14.9 Å². The second kappa shape index (κ2) is 10.1. The smallest absolute Gasteiger partial charge is 0.344 e. The number of nitrogens with zero attached hydrogens (tertiary/aromatic N) is 2. The number of amides is 1. The maximum atomic E-state index is 13.0. The highest BCUT2D eigenvalue weighted by Crippen LogP contribution is 2.26. The topological polar surface area (TPSA) is 122 Å². The van der Waals surface area contributed by atoms with Crippen LogP contribution in [0.3, 0.4) is 0 Å². The van der Waals surface area contributed by atoms with Crippen LogP contribution in [-0.4, -0.2) is 16.8 Å². The summed E-state index contributed by atoms with van der Waals surface area (Å²) in [6.07, 6.45) is 1.26. The molecule has 0 atom stereocenters. The number of nitro groups is 1. The molecule has 0 bridgehead atoms. The fourth-order valence-electron chi connectivity index (χ4n) is 3.48. The molecule has 4 aromatic carbocycles. The van der Waals surface area contributed by atoms with Crippen molar-refractivity contribution in [1.82, 2.24) is 0 Å². The molecule has 4 aromatic rings. The van der Waals surface area contributed by atoms with E-state index >= 15 is 0 Å². The second-order valence-electron chi connectivity index (χ2n) is 7.35. The Labute approximate surface area is 199 Å². The van der Waals surface area contributed by atoms with Crippen LogP contribution in [0.4, 0.5) is 11.4 Å². The maximum Gasteiger partial charge on any atom is 0.344 e. The Hall–Kier alpha value is -5.29. The van der Waals surface area contributed by atoms with Gasteiger partial charge in [0.1, 0.15) is 23.1 Å². The van der Waals surface area contributed by atoms with Crippen molar-refractivity contribution in [2.45, 2.75) is 0 Å². The summed E-state index contributed by atoms with van der Waals surface area (Å²) in [6.45, 7) is 0. The Morgan fingerprint density at radius 1 is 0.914 bits per heavy atom. The first kappa shape index (κ1) is 22.9. The molecule has 0 aliphatic carbocycles.